The van der Waals surface area contributed by atoms with Gasteiger partial charge in [-0.25, -0.2) is 0 Å². The molecule has 0 bridgehead atoms. The molecule has 2 saturated heterocycles. The van der Waals surface area contributed by atoms with E-state index in [1.165, 1.54) is 218 Å². The predicted octanol–water partition coefficient (Wildman–Crippen LogP) is 15.2. The Balaban J connectivity index is 1.66. The summed E-state index contributed by atoms with van der Waals surface area (Å²) in [6.07, 6.45) is 61.3. The number of unbranched alkanes of at least 4 members (excludes halogenated alkanes) is 39. The molecule has 2 aliphatic heterocycles. The highest BCUT2D eigenvalue weighted by atomic mass is 16.7. The summed E-state index contributed by atoms with van der Waals surface area (Å²) in [7, 11) is 0. The Morgan fingerprint density at radius 3 is 1.20 bits per heavy atom. The minimum Gasteiger partial charge on any atom is -0.394 e. The number of aliphatic hydroxyl groups is 8. The van der Waals surface area contributed by atoms with Crippen molar-refractivity contribution in [1.29, 1.82) is 0 Å². The van der Waals surface area contributed by atoms with Crippen LogP contribution in [-0.4, -0.2) is 140 Å². The van der Waals surface area contributed by atoms with Gasteiger partial charge >= 0.3 is 0 Å². The topological polar surface area (TPSA) is 228 Å². The van der Waals surface area contributed by atoms with E-state index in [4.69, 9.17) is 18.9 Å². The van der Waals surface area contributed by atoms with Crippen LogP contribution in [0.25, 0.3) is 0 Å². The Kier molecular flexibility index (Phi) is 54.4. The van der Waals surface area contributed by atoms with Gasteiger partial charge in [0.25, 0.3) is 0 Å². The summed E-state index contributed by atoms with van der Waals surface area (Å²) in [4.78, 5) is 13.4. The summed E-state index contributed by atoms with van der Waals surface area (Å²) in [6.45, 7) is 2.73. The van der Waals surface area contributed by atoms with Gasteiger partial charge in [0, 0.05) is 6.42 Å². The summed E-state index contributed by atoms with van der Waals surface area (Å²) in [5, 5.41) is 87.5. The summed E-state index contributed by atoms with van der Waals surface area (Å²) in [5.41, 5.74) is 0. The first kappa shape index (κ1) is 81.8. The second-order valence-electron chi connectivity index (χ2n) is 25.7. The van der Waals surface area contributed by atoms with Gasteiger partial charge in [-0.05, 0) is 57.8 Å². The van der Waals surface area contributed by atoms with Gasteiger partial charge in [0.2, 0.25) is 5.91 Å². The number of carbonyl (C=O) groups excluding carboxylic acids is 1. The fourth-order valence-corrected chi connectivity index (χ4v) is 11.9. The van der Waals surface area contributed by atoms with Crippen LogP contribution in [0.4, 0.5) is 0 Å². The van der Waals surface area contributed by atoms with E-state index in [1.54, 1.807) is 6.08 Å². The van der Waals surface area contributed by atoms with Gasteiger partial charge < -0.3 is 65.1 Å². The Morgan fingerprint density at radius 2 is 0.784 bits per heavy atom. The van der Waals surface area contributed by atoms with E-state index in [0.29, 0.717) is 6.42 Å². The molecule has 88 heavy (non-hydrogen) atoms. The lowest BCUT2D eigenvalue weighted by Crippen LogP contribution is -2.65. The van der Waals surface area contributed by atoms with Crippen molar-refractivity contribution in [3.8, 4) is 0 Å². The minimum absolute atomic E-state index is 0.236. The molecule has 0 aromatic heterocycles. The van der Waals surface area contributed by atoms with E-state index in [-0.39, 0.29) is 18.9 Å². The third-order valence-corrected chi connectivity index (χ3v) is 17.7. The van der Waals surface area contributed by atoms with E-state index in [2.05, 4.69) is 67.8 Å². The van der Waals surface area contributed by atoms with Crippen LogP contribution in [0.15, 0.2) is 60.8 Å². The number of rotatable bonds is 60. The summed E-state index contributed by atoms with van der Waals surface area (Å²) < 4.78 is 22.9. The van der Waals surface area contributed by atoms with E-state index in [1.807, 2.05) is 6.08 Å². The lowest BCUT2D eigenvalue weighted by molar-refractivity contribution is -0.359. The maximum atomic E-state index is 13.4. The fraction of sp³-hybridized carbons (Fsp3) is 0.851. The van der Waals surface area contributed by atoms with Crippen molar-refractivity contribution in [2.45, 2.75) is 383 Å². The molecular formula is C74H135NO13. The zero-order chi connectivity index (χ0) is 63.8. The number of ether oxygens (including phenoxy) is 4. The van der Waals surface area contributed by atoms with Gasteiger partial charge in [-0.3, -0.25) is 4.79 Å². The van der Waals surface area contributed by atoms with Crippen LogP contribution in [0.1, 0.15) is 309 Å². The van der Waals surface area contributed by atoms with Crippen molar-refractivity contribution >= 4 is 5.91 Å². The van der Waals surface area contributed by atoms with Gasteiger partial charge in [-0.15, -0.1) is 0 Å². The highest BCUT2D eigenvalue weighted by Gasteiger charge is 2.51. The van der Waals surface area contributed by atoms with E-state index in [0.717, 1.165) is 64.2 Å². The molecule has 14 heteroatoms. The molecule has 514 valence electrons. The predicted molar refractivity (Wildman–Crippen MR) is 360 cm³/mol. The van der Waals surface area contributed by atoms with Gasteiger partial charge in [-0.1, -0.05) is 306 Å². The number of amides is 1. The van der Waals surface area contributed by atoms with Crippen LogP contribution >= 0.6 is 0 Å². The third-order valence-electron chi connectivity index (χ3n) is 17.7. The molecular weight excluding hydrogens is 1110 g/mol. The summed E-state index contributed by atoms with van der Waals surface area (Å²) in [6, 6.07) is -0.917. The number of hydrogen-bond donors (Lipinski definition) is 9. The Morgan fingerprint density at radius 1 is 0.420 bits per heavy atom. The highest BCUT2D eigenvalue weighted by molar-refractivity contribution is 5.76. The van der Waals surface area contributed by atoms with Crippen molar-refractivity contribution in [3.05, 3.63) is 60.8 Å². The molecule has 2 heterocycles. The molecule has 0 saturated carbocycles. The first-order valence-corrected chi connectivity index (χ1v) is 36.5. The monoisotopic (exact) mass is 1250 g/mol. The summed E-state index contributed by atoms with van der Waals surface area (Å²) in [5.74, 6) is -0.236. The van der Waals surface area contributed by atoms with Crippen molar-refractivity contribution < 1.29 is 64.6 Å². The molecule has 0 aromatic carbocycles. The zero-order valence-electron chi connectivity index (χ0n) is 56.0. The van der Waals surface area contributed by atoms with E-state index in [9.17, 15) is 45.6 Å². The van der Waals surface area contributed by atoms with Gasteiger partial charge in [0.1, 0.15) is 48.8 Å². The smallest absolute Gasteiger partial charge is 0.220 e. The van der Waals surface area contributed by atoms with Crippen LogP contribution in [0, 0.1) is 0 Å². The molecule has 0 aromatic rings. The quantitative estimate of drug-likeness (QED) is 0.0204. The molecule has 1 amide bonds. The van der Waals surface area contributed by atoms with Gasteiger partial charge in [-0.2, -0.15) is 0 Å². The highest BCUT2D eigenvalue weighted by Crippen LogP contribution is 2.30. The summed E-state index contributed by atoms with van der Waals surface area (Å²) >= 11 is 0. The average Bonchev–Trinajstić information content (AvgIpc) is 2.07. The molecule has 0 radical (unpaired) electrons. The Labute approximate surface area is 536 Å². The third kappa shape index (κ3) is 42.0. The van der Waals surface area contributed by atoms with Crippen LogP contribution in [0.2, 0.25) is 0 Å². The van der Waals surface area contributed by atoms with Crippen molar-refractivity contribution in [1.82, 2.24) is 5.32 Å². The second-order valence-corrected chi connectivity index (χ2v) is 25.7. The molecule has 0 aliphatic carbocycles. The van der Waals surface area contributed by atoms with Crippen LogP contribution in [0.3, 0.4) is 0 Å². The first-order valence-electron chi connectivity index (χ1n) is 36.5. The maximum absolute atomic E-state index is 13.4. The normalized spacial score (nSPS) is 23.5. The Bertz CT molecular complexity index is 1710. The number of hydrogen-bond acceptors (Lipinski definition) is 13. The molecule has 12 unspecified atom stereocenters. The second kappa shape index (κ2) is 58.5. The molecule has 14 nitrogen and oxygen atoms in total. The number of allylic oxidation sites excluding steroid dienone is 9. The number of aliphatic hydroxyl groups excluding tert-OH is 8. The van der Waals surface area contributed by atoms with Crippen LogP contribution in [0.5, 0.6) is 0 Å². The maximum Gasteiger partial charge on any atom is 0.220 e. The molecule has 9 N–H and O–H groups in total. The first-order chi connectivity index (χ1) is 43.1. The van der Waals surface area contributed by atoms with Crippen molar-refractivity contribution in [3.63, 3.8) is 0 Å². The molecule has 2 rings (SSSR count). The van der Waals surface area contributed by atoms with Gasteiger partial charge in [0.05, 0.1) is 32.0 Å². The zero-order valence-corrected chi connectivity index (χ0v) is 56.0. The Hall–Kier alpha value is -2.31. The van der Waals surface area contributed by atoms with Crippen LogP contribution in [-0.2, 0) is 23.7 Å². The van der Waals surface area contributed by atoms with Crippen molar-refractivity contribution in [2.75, 3.05) is 19.8 Å². The van der Waals surface area contributed by atoms with E-state index < -0.39 is 86.8 Å². The molecule has 2 aliphatic rings. The van der Waals surface area contributed by atoms with E-state index >= 15 is 0 Å². The number of carbonyl (C=O) groups is 1. The van der Waals surface area contributed by atoms with Crippen LogP contribution < -0.4 is 5.32 Å². The molecule has 12 atom stereocenters. The minimum atomic E-state index is -1.79. The SMILES string of the molecule is CC/C=C\C/C=C\C/C=C\C/C=C\CCCCCCCCCCCCCCCCCCC(=O)NC(COC1OC(CO)C(OC2OC(CO)C(O)C(O)C2O)C(O)C1O)C(O)/C=C/CCCCCCCCCCCCCCCCCCCCCCCCC. The van der Waals surface area contributed by atoms with Gasteiger partial charge in [0.15, 0.2) is 12.6 Å². The standard InChI is InChI=1S/C74H135NO13/c1-3-5-7-9-11-13-15-17-19-21-23-25-27-29-30-31-32-34-36-38-40-42-44-46-48-50-52-54-56-58-66(79)75-62(61-85-73-71(84)69(82)72(65(60-77)87-73)88-74-70(83)68(81)67(80)64(59-76)86-74)63(78)57-55-53-51-49-47-45-43-41-39-37-35-33-28-26-24-22-20-18-16-14-12-10-8-6-4-2/h5,7,11,13,17,19,23,25,55,57,62-65,67-74,76-78,80-84H,3-4,6,8-10,12,14-16,18,20-22,24,26-54,56,58-61H2,1-2H3,(H,75,79)/b7-5-,13-11-,19-17-,25-23-,57-55+. The lowest BCUT2D eigenvalue weighted by atomic mass is 9.97. The number of nitrogens with one attached hydrogen (secondary N) is 1. The molecule has 2 fully saturated rings. The average molecular weight is 1250 g/mol. The molecule has 0 spiro atoms. The largest absolute Gasteiger partial charge is 0.394 e. The lowest BCUT2D eigenvalue weighted by Gasteiger charge is -2.46. The van der Waals surface area contributed by atoms with Crippen molar-refractivity contribution in [2.24, 2.45) is 0 Å². The fourth-order valence-electron chi connectivity index (χ4n) is 11.9.